The Kier molecular flexibility index (Phi) is 9.35. The number of anilines is 1. The number of benzene rings is 3. The lowest BCUT2D eigenvalue weighted by Crippen LogP contribution is -2.41. The largest absolute Gasteiger partial charge is 0.494 e. The Morgan fingerprint density at radius 3 is 2.32 bits per heavy atom. The molecule has 0 saturated carbocycles. The van der Waals surface area contributed by atoms with Gasteiger partial charge in [0.25, 0.3) is 10.0 Å². The van der Waals surface area contributed by atoms with Crippen molar-refractivity contribution in [1.82, 2.24) is 5.32 Å². The summed E-state index contributed by atoms with van der Waals surface area (Å²) in [6.07, 6.45) is 0. The third-order valence-corrected chi connectivity index (χ3v) is 7.62. The van der Waals surface area contributed by atoms with Gasteiger partial charge in [0.1, 0.15) is 18.1 Å². The van der Waals surface area contributed by atoms with Crippen LogP contribution >= 0.6 is 11.8 Å². The SMILES string of the molecule is CCOc1ccc(N(CC(=O)NCCSCc2ccccc2)S(=O)(=O)c2ccc(F)cc2)cc1. The van der Waals surface area contributed by atoms with E-state index in [1.807, 2.05) is 37.3 Å². The van der Waals surface area contributed by atoms with Crippen LogP contribution in [0.15, 0.2) is 83.8 Å². The second-order valence-electron chi connectivity index (χ2n) is 7.28. The van der Waals surface area contributed by atoms with E-state index in [0.29, 0.717) is 30.3 Å². The number of ether oxygens (including phenoxy) is 1. The molecule has 3 aromatic rings. The minimum absolute atomic E-state index is 0.103. The van der Waals surface area contributed by atoms with Gasteiger partial charge < -0.3 is 10.1 Å². The number of carbonyl (C=O) groups excluding carboxylic acids is 1. The topological polar surface area (TPSA) is 75.7 Å². The molecule has 0 atom stereocenters. The van der Waals surface area contributed by atoms with Gasteiger partial charge in [0.05, 0.1) is 17.2 Å². The lowest BCUT2D eigenvalue weighted by molar-refractivity contribution is -0.119. The van der Waals surface area contributed by atoms with Crippen LogP contribution in [0.25, 0.3) is 0 Å². The highest BCUT2D eigenvalue weighted by molar-refractivity contribution is 7.98. The van der Waals surface area contributed by atoms with Gasteiger partial charge >= 0.3 is 0 Å². The highest BCUT2D eigenvalue weighted by Crippen LogP contribution is 2.26. The summed E-state index contributed by atoms with van der Waals surface area (Å²) >= 11 is 1.68. The first kappa shape index (κ1) is 25.6. The van der Waals surface area contributed by atoms with Crippen molar-refractivity contribution in [2.45, 2.75) is 17.6 Å². The molecule has 0 bridgehead atoms. The van der Waals surface area contributed by atoms with Crippen molar-refractivity contribution in [2.75, 3.05) is 29.8 Å². The fourth-order valence-electron chi connectivity index (χ4n) is 3.14. The van der Waals surface area contributed by atoms with E-state index in [1.54, 1.807) is 36.0 Å². The molecule has 9 heteroatoms. The van der Waals surface area contributed by atoms with E-state index in [2.05, 4.69) is 5.32 Å². The summed E-state index contributed by atoms with van der Waals surface area (Å²) in [6, 6.07) is 21.0. The summed E-state index contributed by atoms with van der Waals surface area (Å²) < 4.78 is 46.4. The van der Waals surface area contributed by atoms with Crippen molar-refractivity contribution in [2.24, 2.45) is 0 Å². The van der Waals surface area contributed by atoms with Crippen molar-refractivity contribution in [3.05, 3.63) is 90.2 Å². The monoisotopic (exact) mass is 502 g/mol. The third-order valence-electron chi connectivity index (χ3n) is 4.80. The highest BCUT2D eigenvalue weighted by Gasteiger charge is 2.27. The molecule has 6 nitrogen and oxygen atoms in total. The molecule has 0 aromatic heterocycles. The zero-order chi connectivity index (χ0) is 24.4. The first-order valence-electron chi connectivity index (χ1n) is 10.8. The van der Waals surface area contributed by atoms with E-state index < -0.39 is 28.3 Å². The van der Waals surface area contributed by atoms with Gasteiger partial charge in [-0.05, 0) is 61.0 Å². The molecule has 0 fully saturated rings. The molecule has 0 aliphatic carbocycles. The van der Waals surface area contributed by atoms with Crippen LogP contribution in [0.5, 0.6) is 5.75 Å². The molecular formula is C25H27FN2O4S2. The van der Waals surface area contributed by atoms with Crippen LogP contribution in [0.3, 0.4) is 0 Å². The summed E-state index contributed by atoms with van der Waals surface area (Å²) in [6.45, 7) is 2.32. The molecular weight excluding hydrogens is 475 g/mol. The zero-order valence-corrected chi connectivity index (χ0v) is 20.4. The molecule has 1 amide bonds. The number of thioether (sulfide) groups is 1. The molecule has 34 heavy (non-hydrogen) atoms. The Balaban J connectivity index is 1.67. The molecule has 0 radical (unpaired) electrons. The van der Waals surface area contributed by atoms with Crippen molar-refractivity contribution in [1.29, 1.82) is 0 Å². The van der Waals surface area contributed by atoms with E-state index in [9.17, 15) is 17.6 Å². The molecule has 180 valence electrons. The van der Waals surface area contributed by atoms with Crippen LogP contribution in [0, 0.1) is 5.82 Å². The van der Waals surface area contributed by atoms with Crippen molar-refractivity contribution in [3.8, 4) is 5.75 Å². The van der Waals surface area contributed by atoms with Gasteiger partial charge in [-0.15, -0.1) is 0 Å². The van der Waals surface area contributed by atoms with Crippen LogP contribution in [-0.4, -0.2) is 39.8 Å². The maximum Gasteiger partial charge on any atom is 0.264 e. The number of nitrogens with one attached hydrogen (secondary N) is 1. The van der Waals surface area contributed by atoms with Gasteiger partial charge in [0.2, 0.25) is 5.91 Å². The standard InChI is InChI=1S/C25H27FN2O4S2/c1-2-32-23-12-10-22(11-13-23)28(34(30,31)24-14-8-21(26)9-15-24)18-25(29)27-16-17-33-19-20-6-4-3-5-7-20/h3-15H,2,16-19H2,1H3,(H,27,29). The van der Waals surface area contributed by atoms with Gasteiger partial charge in [-0.2, -0.15) is 11.8 Å². The van der Waals surface area contributed by atoms with E-state index in [4.69, 9.17) is 4.74 Å². The van der Waals surface area contributed by atoms with E-state index in [0.717, 1.165) is 22.2 Å². The molecule has 0 spiro atoms. The summed E-state index contributed by atoms with van der Waals surface area (Å²) in [5, 5.41) is 2.78. The van der Waals surface area contributed by atoms with Crippen molar-refractivity contribution < 1.29 is 22.3 Å². The summed E-state index contributed by atoms with van der Waals surface area (Å²) in [7, 11) is -4.10. The Morgan fingerprint density at radius 2 is 1.68 bits per heavy atom. The molecule has 0 saturated heterocycles. The summed E-state index contributed by atoms with van der Waals surface area (Å²) in [4.78, 5) is 12.5. The predicted octanol–water partition coefficient (Wildman–Crippen LogP) is 4.47. The fourth-order valence-corrected chi connectivity index (χ4v) is 5.38. The van der Waals surface area contributed by atoms with E-state index >= 15 is 0 Å². The lowest BCUT2D eigenvalue weighted by Gasteiger charge is -2.24. The van der Waals surface area contributed by atoms with E-state index in [-0.39, 0.29) is 4.90 Å². The van der Waals surface area contributed by atoms with Crippen LogP contribution in [0.1, 0.15) is 12.5 Å². The fraction of sp³-hybridized carbons (Fsp3) is 0.240. The van der Waals surface area contributed by atoms with Crippen LogP contribution in [-0.2, 0) is 20.6 Å². The molecule has 3 aromatic carbocycles. The van der Waals surface area contributed by atoms with Crippen LogP contribution in [0.2, 0.25) is 0 Å². The van der Waals surface area contributed by atoms with Gasteiger partial charge in [0.15, 0.2) is 0 Å². The average Bonchev–Trinajstić information content (AvgIpc) is 2.84. The smallest absolute Gasteiger partial charge is 0.264 e. The highest BCUT2D eigenvalue weighted by atomic mass is 32.2. The first-order chi connectivity index (χ1) is 16.4. The van der Waals surface area contributed by atoms with Gasteiger partial charge in [0, 0.05) is 18.1 Å². The van der Waals surface area contributed by atoms with Crippen molar-refractivity contribution >= 4 is 33.4 Å². The zero-order valence-electron chi connectivity index (χ0n) is 18.8. The minimum atomic E-state index is -4.10. The number of amides is 1. The lowest BCUT2D eigenvalue weighted by atomic mass is 10.2. The minimum Gasteiger partial charge on any atom is -0.494 e. The van der Waals surface area contributed by atoms with Gasteiger partial charge in [-0.25, -0.2) is 12.8 Å². The van der Waals surface area contributed by atoms with Crippen LogP contribution < -0.4 is 14.4 Å². The number of hydrogen-bond donors (Lipinski definition) is 1. The second-order valence-corrected chi connectivity index (χ2v) is 10.2. The molecule has 0 aliphatic heterocycles. The molecule has 0 unspecified atom stereocenters. The maximum absolute atomic E-state index is 13.3. The molecule has 1 N–H and O–H groups in total. The Hall–Kier alpha value is -3.04. The molecule has 0 aliphatic rings. The Bertz CT molecular complexity index is 1160. The average molecular weight is 503 g/mol. The summed E-state index contributed by atoms with van der Waals surface area (Å²) in [5.74, 6) is 1.13. The van der Waals surface area contributed by atoms with Crippen molar-refractivity contribution in [3.63, 3.8) is 0 Å². The quantitative estimate of drug-likeness (QED) is 0.370. The predicted molar refractivity (Wildman–Crippen MR) is 134 cm³/mol. The molecule has 3 rings (SSSR count). The molecule has 0 heterocycles. The Morgan fingerprint density at radius 1 is 1.00 bits per heavy atom. The first-order valence-corrected chi connectivity index (χ1v) is 13.4. The van der Waals surface area contributed by atoms with Gasteiger partial charge in [-0.3, -0.25) is 9.10 Å². The number of nitrogens with zero attached hydrogens (tertiary/aromatic N) is 1. The maximum atomic E-state index is 13.3. The number of rotatable bonds is 12. The third kappa shape index (κ3) is 7.23. The number of sulfonamides is 1. The second kappa shape index (κ2) is 12.4. The normalized spacial score (nSPS) is 11.1. The number of halogens is 1. The number of hydrogen-bond acceptors (Lipinski definition) is 5. The van der Waals surface area contributed by atoms with Gasteiger partial charge in [-0.1, -0.05) is 30.3 Å². The van der Waals surface area contributed by atoms with Crippen LogP contribution in [0.4, 0.5) is 10.1 Å². The summed E-state index contributed by atoms with van der Waals surface area (Å²) in [5.41, 5.74) is 1.51. The Labute approximate surface area is 204 Å². The van der Waals surface area contributed by atoms with E-state index in [1.165, 1.54) is 17.7 Å². The number of carbonyl (C=O) groups is 1.